The summed E-state index contributed by atoms with van der Waals surface area (Å²) in [5.41, 5.74) is 4.28. The summed E-state index contributed by atoms with van der Waals surface area (Å²) in [6.07, 6.45) is 4.55. The molecule has 6 rings (SSSR count). The second kappa shape index (κ2) is 12.5. The number of likely N-dealkylation sites (N-methyl/N-ethyl adjacent to an activating group) is 1. The molecule has 44 heavy (non-hydrogen) atoms. The zero-order chi connectivity index (χ0) is 30.7. The van der Waals surface area contributed by atoms with Crippen molar-refractivity contribution in [3.8, 4) is 11.1 Å². The molecule has 1 aromatic heterocycles. The molecule has 2 aliphatic rings. The number of ether oxygens (including phenoxy) is 1. The summed E-state index contributed by atoms with van der Waals surface area (Å²) in [5.74, 6) is -1.23. The molecule has 1 spiro atoms. The zero-order valence-corrected chi connectivity index (χ0v) is 24.5. The van der Waals surface area contributed by atoms with Gasteiger partial charge in [-0.2, -0.15) is 0 Å². The quantitative estimate of drug-likeness (QED) is 0.245. The van der Waals surface area contributed by atoms with Gasteiger partial charge >= 0.3 is 6.09 Å². The van der Waals surface area contributed by atoms with E-state index >= 15 is 0 Å². The largest absolute Gasteiger partial charge is 0.438 e. The molecule has 4 aromatic rings. The SMILES string of the molecule is CN(Cc1ccc(-c2ccncc2)cc1)C(=O)C(CCN1CCC2(CC1)OC(=O)Nc1ccc(F)cc12)c1ccc(F)cc1. The van der Waals surface area contributed by atoms with Crippen LogP contribution in [0.4, 0.5) is 19.3 Å². The van der Waals surface area contributed by atoms with E-state index in [2.05, 4.69) is 15.2 Å². The van der Waals surface area contributed by atoms with Crippen molar-refractivity contribution in [3.63, 3.8) is 0 Å². The Morgan fingerprint density at radius 1 is 0.955 bits per heavy atom. The number of hydrogen-bond acceptors (Lipinski definition) is 5. The number of fused-ring (bicyclic) bond motifs is 2. The molecule has 2 amide bonds. The van der Waals surface area contributed by atoms with Gasteiger partial charge in [-0.15, -0.1) is 0 Å². The maximum absolute atomic E-state index is 14.1. The number of benzene rings is 3. The summed E-state index contributed by atoms with van der Waals surface area (Å²) >= 11 is 0. The van der Waals surface area contributed by atoms with Crippen molar-refractivity contribution in [2.75, 3.05) is 32.0 Å². The molecule has 2 aliphatic heterocycles. The first-order chi connectivity index (χ1) is 21.3. The molecule has 1 N–H and O–H groups in total. The lowest BCUT2D eigenvalue weighted by molar-refractivity contribution is -0.132. The molecule has 3 aromatic carbocycles. The molecule has 1 saturated heterocycles. The zero-order valence-electron chi connectivity index (χ0n) is 24.5. The number of carbonyl (C=O) groups is 2. The first-order valence-electron chi connectivity index (χ1n) is 14.8. The number of likely N-dealkylation sites (tertiary alicyclic amines) is 1. The smallest absolute Gasteiger partial charge is 0.412 e. The molecule has 0 bridgehead atoms. The lowest BCUT2D eigenvalue weighted by atomic mass is 9.82. The van der Waals surface area contributed by atoms with Crippen LogP contribution in [0.3, 0.4) is 0 Å². The Hall–Kier alpha value is -4.63. The highest BCUT2D eigenvalue weighted by Gasteiger charge is 2.44. The van der Waals surface area contributed by atoms with E-state index in [0.717, 1.165) is 22.3 Å². The third-order valence-corrected chi connectivity index (χ3v) is 8.73. The summed E-state index contributed by atoms with van der Waals surface area (Å²) in [5, 5.41) is 2.67. The summed E-state index contributed by atoms with van der Waals surface area (Å²) in [6.45, 7) is 2.30. The van der Waals surface area contributed by atoms with Crippen molar-refractivity contribution < 1.29 is 23.1 Å². The number of rotatable bonds is 8. The second-order valence-electron chi connectivity index (χ2n) is 11.6. The van der Waals surface area contributed by atoms with Gasteiger partial charge in [-0.05, 0) is 77.7 Å². The van der Waals surface area contributed by atoms with E-state index in [-0.39, 0.29) is 17.5 Å². The molecule has 0 radical (unpaired) electrons. The van der Waals surface area contributed by atoms with Crippen LogP contribution in [-0.4, -0.2) is 53.5 Å². The molecular weight excluding hydrogens is 562 g/mol. The fourth-order valence-corrected chi connectivity index (χ4v) is 6.28. The van der Waals surface area contributed by atoms with Crippen LogP contribution < -0.4 is 5.32 Å². The minimum absolute atomic E-state index is 0.0417. The lowest BCUT2D eigenvalue weighted by Crippen LogP contribution is -2.48. The maximum atomic E-state index is 14.1. The molecule has 1 atom stereocenters. The topological polar surface area (TPSA) is 74.8 Å². The van der Waals surface area contributed by atoms with E-state index in [1.807, 2.05) is 36.4 Å². The number of pyridine rings is 1. The predicted molar refractivity (Wildman–Crippen MR) is 164 cm³/mol. The highest BCUT2D eigenvalue weighted by molar-refractivity contribution is 5.89. The van der Waals surface area contributed by atoms with Crippen LogP contribution in [0.1, 0.15) is 41.9 Å². The van der Waals surface area contributed by atoms with Crippen LogP contribution in [0, 0.1) is 11.6 Å². The molecular formula is C35H34F2N4O3. The van der Waals surface area contributed by atoms with Crippen LogP contribution in [0.25, 0.3) is 11.1 Å². The van der Waals surface area contributed by atoms with Gasteiger partial charge in [0.1, 0.15) is 17.2 Å². The number of piperidine rings is 1. The number of aromatic nitrogens is 1. The van der Waals surface area contributed by atoms with Crippen molar-refractivity contribution in [1.82, 2.24) is 14.8 Å². The van der Waals surface area contributed by atoms with Crippen LogP contribution in [0.5, 0.6) is 0 Å². The average molecular weight is 597 g/mol. The van der Waals surface area contributed by atoms with Crippen molar-refractivity contribution >= 4 is 17.7 Å². The van der Waals surface area contributed by atoms with Gasteiger partial charge in [0, 0.05) is 57.5 Å². The van der Waals surface area contributed by atoms with Crippen LogP contribution in [-0.2, 0) is 21.7 Å². The lowest BCUT2D eigenvalue weighted by Gasteiger charge is -2.44. The third-order valence-electron chi connectivity index (χ3n) is 8.73. The van der Waals surface area contributed by atoms with E-state index < -0.39 is 17.6 Å². The standard InChI is InChI=1S/C35H34F2N4O3/c1-40(23-24-2-4-25(5-3-24)26-12-17-38-18-13-26)33(42)30(27-6-8-28(36)9-7-27)14-19-41-20-15-35(16-21-41)31-22-29(37)10-11-32(31)39-34(43)44-35/h2-13,17-18,22,30H,14-16,19-21,23H2,1H3,(H,39,43). The molecule has 0 aliphatic carbocycles. The Morgan fingerprint density at radius 2 is 1.61 bits per heavy atom. The van der Waals surface area contributed by atoms with Gasteiger partial charge in [0.05, 0.1) is 11.6 Å². The van der Waals surface area contributed by atoms with Gasteiger partial charge in [-0.3, -0.25) is 15.1 Å². The van der Waals surface area contributed by atoms with Gasteiger partial charge in [-0.25, -0.2) is 13.6 Å². The van der Waals surface area contributed by atoms with Gasteiger partial charge < -0.3 is 14.5 Å². The Bertz CT molecular complexity index is 1620. The molecule has 226 valence electrons. The monoisotopic (exact) mass is 596 g/mol. The first-order valence-corrected chi connectivity index (χ1v) is 14.8. The number of hydrogen-bond donors (Lipinski definition) is 1. The van der Waals surface area contributed by atoms with Gasteiger partial charge in [0.15, 0.2) is 0 Å². The minimum atomic E-state index is -0.879. The van der Waals surface area contributed by atoms with Crippen molar-refractivity contribution in [2.45, 2.75) is 37.3 Å². The minimum Gasteiger partial charge on any atom is -0.438 e. The Labute approximate surface area is 255 Å². The van der Waals surface area contributed by atoms with E-state index in [0.29, 0.717) is 56.7 Å². The molecule has 9 heteroatoms. The van der Waals surface area contributed by atoms with Crippen molar-refractivity contribution in [2.24, 2.45) is 0 Å². The molecule has 7 nitrogen and oxygen atoms in total. The molecule has 0 saturated carbocycles. The first kappa shape index (κ1) is 29.4. The Morgan fingerprint density at radius 3 is 2.32 bits per heavy atom. The van der Waals surface area contributed by atoms with Crippen LogP contribution in [0.15, 0.2) is 91.3 Å². The fourth-order valence-electron chi connectivity index (χ4n) is 6.28. The number of carbonyl (C=O) groups excluding carboxylic acids is 2. The van der Waals surface area contributed by atoms with Gasteiger partial charge in [-0.1, -0.05) is 36.4 Å². The maximum Gasteiger partial charge on any atom is 0.412 e. The molecule has 3 heterocycles. The molecule has 1 fully saturated rings. The second-order valence-corrected chi connectivity index (χ2v) is 11.6. The number of amides is 2. The summed E-state index contributed by atoms with van der Waals surface area (Å²) in [4.78, 5) is 34.2. The average Bonchev–Trinajstić information content (AvgIpc) is 3.04. The van der Waals surface area contributed by atoms with Crippen molar-refractivity contribution in [1.29, 1.82) is 0 Å². The van der Waals surface area contributed by atoms with E-state index in [1.165, 1.54) is 24.3 Å². The van der Waals surface area contributed by atoms with E-state index in [9.17, 15) is 18.4 Å². The van der Waals surface area contributed by atoms with Gasteiger partial charge in [0.25, 0.3) is 0 Å². The fraction of sp³-hybridized carbons (Fsp3) is 0.286. The third kappa shape index (κ3) is 6.33. The number of nitrogens with one attached hydrogen (secondary N) is 1. The number of halogens is 2. The number of nitrogens with zero attached hydrogens (tertiary/aromatic N) is 3. The predicted octanol–water partition coefficient (Wildman–Crippen LogP) is 6.71. The normalized spacial score (nSPS) is 16.5. The Balaban J connectivity index is 1.12. The summed E-state index contributed by atoms with van der Waals surface area (Å²) < 4.78 is 33.7. The van der Waals surface area contributed by atoms with E-state index in [1.54, 1.807) is 42.5 Å². The van der Waals surface area contributed by atoms with Gasteiger partial charge in [0.2, 0.25) is 5.91 Å². The Kier molecular flexibility index (Phi) is 8.39. The van der Waals surface area contributed by atoms with E-state index in [4.69, 9.17) is 4.74 Å². The summed E-state index contributed by atoms with van der Waals surface area (Å²) in [6, 6.07) is 22.5. The summed E-state index contributed by atoms with van der Waals surface area (Å²) in [7, 11) is 1.79. The van der Waals surface area contributed by atoms with Crippen LogP contribution >= 0.6 is 0 Å². The van der Waals surface area contributed by atoms with Crippen LogP contribution in [0.2, 0.25) is 0 Å². The number of anilines is 1. The highest BCUT2D eigenvalue weighted by atomic mass is 19.1. The van der Waals surface area contributed by atoms with Crippen molar-refractivity contribution in [3.05, 3.63) is 120 Å². The molecule has 1 unspecified atom stereocenters. The highest BCUT2D eigenvalue weighted by Crippen LogP contribution is 2.44.